The number of hydrogen-bond donors (Lipinski definition) is 2. The Kier molecular flexibility index (Phi) is 3.96. The Morgan fingerprint density at radius 3 is 2.89 bits per heavy atom. The number of benzene rings is 1. The average molecular weight is 245 g/mol. The van der Waals surface area contributed by atoms with Crippen molar-refractivity contribution in [2.75, 3.05) is 11.9 Å². The van der Waals surface area contributed by atoms with E-state index in [-0.39, 0.29) is 0 Å². The van der Waals surface area contributed by atoms with E-state index in [1.54, 1.807) is 13.0 Å². The summed E-state index contributed by atoms with van der Waals surface area (Å²) in [6.07, 6.45) is 0. The molecule has 2 N–H and O–H groups in total. The number of esters is 1. The Hall–Kier alpha value is -2.30. The van der Waals surface area contributed by atoms with Crippen molar-refractivity contribution < 1.29 is 9.53 Å². The standard InChI is InChI=1S/C13H15N3O2/c1-2-18-13(17)11-8-12(16-15-11)14-9-10-6-4-3-5-7-10/h3-8H,2,9H2,1H3,(H2,14,15,16). The molecule has 0 saturated carbocycles. The van der Waals surface area contributed by atoms with E-state index in [4.69, 9.17) is 4.74 Å². The van der Waals surface area contributed by atoms with Crippen LogP contribution in [-0.4, -0.2) is 22.8 Å². The maximum Gasteiger partial charge on any atom is 0.356 e. The number of carbonyl (C=O) groups is 1. The Balaban J connectivity index is 1.93. The average Bonchev–Trinajstić information content (AvgIpc) is 2.87. The molecule has 0 radical (unpaired) electrons. The molecule has 0 spiro atoms. The zero-order valence-corrected chi connectivity index (χ0v) is 10.1. The number of nitrogens with zero attached hydrogens (tertiary/aromatic N) is 1. The second kappa shape index (κ2) is 5.86. The van der Waals surface area contributed by atoms with Crippen molar-refractivity contribution in [2.24, 2.45) is 0 Å². The second-order valence-corrected chi connectivity index (χ2v) is 3.73. The maximum absolute atomic E-state index is 11.4. The summed E-state index contributed by atoms with van der Waals surface area (Å²) in [5.74, 6) is 0.236. The molecule has 2 aromatic rings. The molecule has 2 rings (SSSR count). The van der Waals surface area contributed by atoms with Gasteiger partial charge in [0.05, 0.1) is 6.61 Å². The van der Waals surface area contributed by atoms with Crippen LogP contribution in [0.2, 0.25) is 0 Å². The topological polar surface area (TPSA) is 67.0 Å². The third kappa shape index (κ3) is 3.10. The van der Waals surface area contributed by atoms with E-state index in [0.717, 1.165) is 5.56 Å². The van der Waals surface area contributed by atoms with Gasteiger partial charge in [-0.25, -0.2) is 4.79 Å². The Morgan fingerprint density at radius 1 is 1.39 bits per heavy atom. The van der Waals surface area contributed by atoms with Gasteiger partial charge in [-0.15, -0.1) is 0 Å². The Labute approximate surface area is 105 Å². The fraction of sp³-hybridized carbons (Fsp3) is 0.231. The van der Waals surface area contributed by atoms with Gasteiger partial charge >= 0.3 is 5.97 Å². The summed E-state index contributed by atoms with van der Waals surface area (Å²) in [6, 6.07) is 11.6. The Morgan fingerprint density at radius 2 is 2.17 bits per heavy atom. The summed E-state index contributed by atoms with van der Waals surface area (Å²) in [5, 5.41) is 9.77. The van der Waals surface area contributed by atoms with Gasteiger partial charge in [-0.3, -0.25) is 5.10 Å². The molecule has 1 heterocycles. The molecule has 0 aliphatic rings. The van der Waals surface area contributed by atoms with E-state index in [1.165, 1.54) is 0 Å². The predicted molar refractivity (Wildman–Crippen MR) is 68.3 cm³/mol. The van der Waals surface area contributed by atoms with Gasteiger partial charge in [0.1, 0.15) is 11.5 Å². The van der Waals surface area contributed by atoms with Crippen LogP contribution in [0.4, 0.5) is 5.82 Å². The highest BCUT2D eigenvalue weighted by molar-refractivity contribution is 5.88. The fourth-order valence-corrected chi connectivity index (χ4v) is 1.51. The third-order valence-corrected chi connectivity index (χ3v) is 2.39. The SMILES string of the molecule is CCOC(=O)c1cc(NCc2ccccc2)n[nH]1. The predicted octanol–water partition coefficient (Wildman–Crippen LogP) is 2.20. The van der Waals surface area contributed by atoms with Crippen LogP contribution in [-0.2, 0) is 11.3 Å². The van der Waals surface area contributed by atoms with Gasteiger partial charge < -0.3 is 10.1 Å². The van der Waals surface area contributed by atoms with Crippen molar-refractivity contribution >= 4 is 11.8 Å². The van der Waals surface area contributed by atoms with E-state index >= 15 is 0 Å². The van der Waals surface area contributed by atoms with Crippen LogP contribution in [0.5, 0.6) is 0 Å². The second-order valence-electron chi connectivity index (χ2n) is 3.73. The largest absolute Gasteiger partial charge is 0.461 e. The van der Waals surface area contributed by atoms with Crippen LogP contribution in [0.1, 0.15) is 23.0 Å². The van der Waals surface area contributed by atoms with Crippen LogP contribution in [0.25, 0.3) is 0 Å². The molecule has 0 atom stereocenters. The van der Waals surface area contributed by atoms with Crippen molar-refractivity contribution in [3.8, 4) is 0 Å². The molecule has 5 nitrogen and oxygen atoms in total. The van der Waals surface area contributed by atoms with Gasteiger partial charge in [-0.1, -0.05) is 30.3 Å². The number of rotatable bonds is 5. The van der Waals surface area contributed by atoms with Crippen molar-refractivity contribution in [2.45, 2.75) is 13.5 Å². The molecular weight excluding hydrogens is 230 g/mol. The molecule has 0 saturated heterocycles. The number of aromatic amines is 1. The minimum atomic E-state index is -0.391. The molecule has 0 amide bonds. The molecule has 0 fully saturated rings. The smallest absolute Gasteiger partial charge is 0.356 e. The van der Waals surface area contributed by atoms with Crippen LogP contribution < -0.4 is 5.32 Å². The molecule has 5 heteroatoms. The quantitative estimate of drug-likeness (QED) is 0.792. The van der Waals surface area contributed by atoms with Gasteiger partial charge in [0.25, 0.3) is 0 Å². The lowest BCUT2D eigenvalue weighted by Gasteiger charge is -2.01. The minimum Gasteiger partial charge on any atom is -0.461 e. The highest BCUT2D eigenvalue weighted by Crippen LogP contribution is 2.08. The monoisotopic (exact) mass is 245 g/mol. The number of anilines is 1. The van der Waals surface area contributed by atoms with E-state index in [9.17, 15) is 4.79 Å². The molecule has 0 aliphatic carbocycles. The lowest BCUT2D eigenvalue weighted by atomic mass is 10.2. The summed E-state index contributed by atoms with van der Waals surface area (Å²) < 4.78 is 4.87. The molecule has 0 bridgehead atoms. The summed E-state index contributed by atoms with van der Waals surface area (Å²) >= 11 is 0. The number of aromatic nitrogens is 2. The third-order valence-electron chi connectivity index (χ3n) is 2.39. The molecule has 1 aromatic heterocycles. The van der Waals surface area contributed by atoms with Gasteiger partial charge in [0.15, 0.2) is 0 Å². The normalized spacial score (nSPS) is 10.1. The first-order chi connectivity index (χ1) is 8.79. The molecule has 0 aliphatic heterocycles. The number of nitrogens with one attached hydrogen (secondary N) is 2. The van der Waals surface area contributed by atoms with E-state index in [1.807, 2.05) is 30.3 Å². The zero-order chi connectivity index (χ0) is 12.8. The molecule has 0 unspecified atom stereocenters. The van der Waals surface area contributed by atoms with Crippen molar-refractivity contribution in [3.05, 3.63) is 47.7 Å². The Bertz CT molecular complexity index is 508. The summed E-state index contributed by atoms with van der Waals surface area (Å²) in [6.45, 7) is 2.78. The number of carbonyl (C=O) groups excluding carboxylic acids is 1. The molecule has 18 heavy (non-hydrogen) atoms. The van der Waals surface area contributed by atoms with E-state index in [2.05, 4.69) is 15.5 Å². The van der Waals surface area contributed by atoms with Crippen LogP contribution in [0.15, 0.2) is 36.4 Å². The molecule has 1 aromatic carbocycles. The summed E-state index contributed by atoms with van der Waals surface area (Å²) in [5.41, 5.74) is 1.51. The molecular formula is C13H15N3O2. The lowest BCUT2D eigenvalue weighted by molar-refractivity contribution is 0.0519. The minimum absolute atomic E-state index is 0.352. The lowest BCUT2D eigenvalue weighted by Crippen LogP contribution is -2.04. The highest BCUT2D eigenvalue weighted by atomic mass is 16.5. The van der Waals surface area contributed by atoms with Gasteiger partial charge in [-0.2, -0.15) is 5.10 Å². The van der Waals surface area contributed by atoms with Crippen molar-refractivity contribution in [1.82, 2.24) is 10.2 Å². The van der Waals surface area contributed by atoms with Crippen LogP contribution in [0.3, 0.4) is 0 Å². The number of ether oxygens (including phenoxy) is 1. The number of hydrogen-bond acceptors (Lipinski definition) is 4. The van der Waals surface area contributed by atoms with Gasteiger partial charge in [0, 0.05) is 12.6 Å². The summed E-state index contributed by atoms with van der Waals surface area (Å²) in [7, 11) is 0. The highest BCUT2D eigenvalue weighted by Gasteiger charge is 2.09. The van der Waals surface area contributed by atoms with Crippen molar-refractivity contribution in [3.63, 3.8) is 0 Å². The first-order valence-corrected chi connectivity index (χ1v) is 5.80. The van der Waals surface area contributed by atoms with E-state index in [0.29, 0.717) is 24.7 Å². The summed E-state index contributed by atoms with van der Waals surface area (Å²) in [4.78, 5) is 11.4. The first kappa shape index (κ1) is 12.2. The van der Waals surface area contributed by atoms with Gasteiger partial charge in [-0.05, 0) is 12.5 Å². The van der Waals surface area contributed by atoms with Crippen molar-refractivity contribution in [1.29, 1.82) is 0 Å². The first-order valence-electron chi connectivity index (χ1n) is 5.80. The number of H-pyrrole nitrogens is 1. The van der Waals surface area contributed by atoms with Crippen LogP contribution >= 0.6 is 0 Å². The van der Waals surface area contributed by atoms with Gasteiger partial charge in [0.2, 0.25) is 0 Å². The van der Waals surface area contributed by atoms with Crippen LogP contribution in [0, 0.1) is 0 Å². The van der Waals surface area contributed by atoms with E-state index < -0.39 is 5.97 Å². The fourth-order valence-electron chi connectivity index (χ4n) is 1.51. The zero-order valence-electron chi connectivity index (χ0n) is 10.1. The molecule has 94 valence electrons. The maximum atomic E-state index is 11.4.